The fourth-order valence-electron chi connectivity index (χ4n) is 2.37. The number of carbonyl (C=O) groups is 1. The normalized spacial score (nSPS) is 13.1. The van der Waals surface area contributed by atoms with Gasteiger partial charge in [0, 0.05) is 0 Å². The van der Waals surface area contributed by atoms with Gasteiger partial charge in [-0.25, -0.2) is 4.79 Å². The summed E-state index contributed by atoms with van der Waals surface area (Å²) in [6.07, 6.45) is 1.91. The van der Waals surface area contributed by atoms with Gasteiger partial charge in [-0.3, -0.25) is 4.52 Å². The Morgan fingerprint density at radius 2 is 1.84 bits per heavy atom. The zero-order valence-corrected chi connectivity index (χ0v) is 15.7. The van der Waals surface area contributed by atoms with Crippen molar-refractivity contribution < 1.29 is 18.9 Å². The summed E-state index contributed by atoms with van der Waals surface area (Å²) in [5.74, 6) is 0.331. The van der Waals surface area contributed by atoms with Gasteiger partial charge < -0.3 is 9.63 Å². The van der Waals surface area contributed by atoms with Crippen LogP contribution in [0.2, 0.25) is 0 Å². The largest absolute Gasteiger partial charge is 0.575 e. The van der Waals surface area contributed by atoms with Crippen molar-refractivity contribution in [2.75, 3.05) is 6.61 Å². The molecule has 2 rings (SSSR count). The molecule has 6 heteroatoms. The van der Waals surface area contributed by atoms with Crippen molar-refractivity contribution >= 4 is 24.9 Å². The highest BCUT2D eigenvalue weighted by Gasteiger charge is 2.19. The van der Waals surface area contributed by atoms with Gasteiger partial charge in [0.2, 0.25) is 0 Å². The van der Waals surface area contributed by atoms with Crippen LogP contribution >= 0.6 is 8.17 Å². The topological polar surface area (TPSA) is 71.0 Å². The molecule has 5 nitrogen and oxygen atoms in total. The van der Waals surface area contributed by atoms with Gasteiger partial charge in [-0.1, -0.05) is 61.8 Å². The Bertz CT molecular complexity index is 743. The molecule has 0 bridgehead atoms. The van der Waals surface area contributed by atoms with Crippen LogP contribution < -0.4 is 9.42 Å². The second-order valence-electron chi connectivity index (χ2n) is 5.94. The van der Waals surface area contributed by atoms with E-state index < -0.39 is 20.2 Å². The van der Waals surface area contributed by atoms with Crippen LogP contribution in [0.5, 0.6) is 5.75 Å². The molecule has 0 spiro atoms. The summed E-state index contributed by atoms with van der Waals surface area (Å²) in [5, 5.41) is 2.06. The number of nitrogens with zero attached hydrogens (tertiary/aromatic N) is 1. The number of fused-ring (bicyclic) bond motifs is 1. The fraction of sp³-hybridized carbons (Fsp3) is 0.421. The molecule has 0 radical (unpaired) electrons. The van der Waals surface area contributed by atoms with E-state index in [-0.39, 0.29) is 0 Å². The fourth-order valence-corrected chi connectivity index (χ4v) is 3.09. The molecule has 1 unspecified atom stereocenters. The van der Waals surface area contributed by atoms with Crippen molar-refractivity contribution in [3.63, 3.8) is 0 Å². The molecule has 2 aromatic carbocycles. The van der Waals surface area contributed by atoms with Gasteiger partial charge >= 0.3 is 14.1 Å². The van der Waals surface area contributed by atoms with Crippen LogP contribution in [0, 0.1) is 5.92 Å². The number of carbonyl (C=O) groups excluding carboxylic acids is 1. The Kier molecular flexibility index (Phi) is 7.35. The molecule has 2 aromatic rings. The van der Waals surface area contributed by atoms with Crippen LogP contribution in [0.4, 0.5) is 0 Å². The van der Waals surface area contributed by atoms with Gasteiger partial charge in [0.05, 0.1) is 6.61 Å². The van der Waals surface area contributed by atoms with Crippen molar-refractivity contribution in [2.45, 2.75) is 39.7 Å². The van der Waals surface area contributed by atoms with E-state index in [4.69, 9.17) is 9.26 Å². The SMILES string of the molecule is CCC(CC)COC(=O)[C@H](C)N=[P+]([O-])Oc1ccc2ccccc2c1. The van der Waals surface area contributed by atoms with Gasteiger partial charge in [0.15, 0.2) is 11.8 Å². The second-order valence-corrected chi connectivity index (χ2v) is 6.83. The molecule has 0 amide bonds. The second kappa shape index (κ2) is 9.50. The molecule has 0 aliphatic heterocycles. The van der Waals surface area contributed by atoms with Crippen molar-refractivity contribution in [1.29, 1.82) is 0 Å². The molecule has 0 heterocycles. The van der Waals surface area contributed by atoms with Gasteiger partial charge in [0.1, 0.15) is 0 Å². The Hall–Kier alpha value is -1.97. The monoisotopic (exact) mass is 361 g/mol. The first-order valence-electron chi connectivity index (χ1n) is 8.54. The van der Waals surface area contributed by atoms with Crippen molar-refractivity contribution in [3.8, 4) is 5.75 Å². The molecule has 0 fully saturated rings. The summed E-state index contributed by atoms with van der Waals surface area (Å²) in [6, 6.07) is 12.4. The highest BCUT2D eigenvalue weighted by Crippen LogP contribution is 2.27. The first-order chi connectivity index (χ1) is 12.0. The third-order valence-electron chi connectivity index (χ3n) is 4.13. The summed E-state index contributed by atoms with van der Waals surface area (Å²) in [5.41, 5.74) is 0. The number of hydrogen-bond acceptors (Lipinski definition) is 5. The van der Waals surface area contributed by atoms with Gasteiger partial charge in [-0.2, -0.15) is 0 Å². The number of ether oxygens (including phenoxy) is 1. The van der Waals surface area contributed by atoms with Gasteiger partial charge in [-0.05, 0) is 35.7 Å². The molecule has 2 atom stereocenters. The average molecular weight is 361 g/mol. The lowest BCUT2D eigenvalue weighted by Gasteiger charge is -2.13. The third kappa shape index (κ3) is 5.80. The maximum Gasteiger partial charge on any atom is 0.395 e. The van der Waals surface area contributed by atoms with E-state index in [1.54, 1.807) is 19.1 Å². The smallest absolute Gasteiger partial charge is 0.395 e. The highest BCUT2D eigenvalue weighted by molar-refractivity contribution is 7.34. The van der Waals surface area contributed by atoms with Crippen LogP contribution in [-0.4, -0.2) is 18.6 Å². The quantitative estimate of drug-likeness (QED) is 0.515. The molecular formula is C19H24NO4P. The molecule has 25 heavy (non-hydrogen) atoms. The Morgan fingerprint density at radius 1 is 1.16 bits per heavy atom. The minimum atomic E-state index is -2.34. The van der Waals surface area contributed by atoms with Crippen molar-refractivity contribution in [2.24, 2.45) is 10.7 Å². The van der Waals surface area contributed by atoms with E-state index in [1.807, 2.05) is 30.3 Å². The number of benzene rings is 2. The van der Waals surface area contributed by atoms with Crippen LogP contribution in [0.15, 0.2) is 47.2 Å². The van der Waals surface area contributed by atoms with Gasteiger partial charge in [-0.15, -0.1) is 0 Å². The maximum atomic E-state index is 12.1. The van der Waals surface area contributed by atoms with E-state index in [0.29, 0.717) is 18.3 Å². The molecule has 0 aromatic heterocycles. The summed E-state index contributed by atoms with van der Waals surface area (Å²) in [4.78, 5) is 24.0. The van der Waals surface area contributed by atoms with E-state index in [0.717, 1.165) is 23.6 Å². The van der Waals surface area contributed by atoms with Gasteiger partial charge in [0.25, 0.3) is 0 Å². The first-order valence-corrected chi connectivity index (χ1v) is 9.68. The third-order valence-corrected chi connectivity index (χ3v) is 5.03. The summed E-state index contributed by atoms with van der Waals surface area (Å²) in [6.45, 7) is 6.05. The van der Waals surface area contributed by atoms with E-state index in [9.17, 15) is 9.69 Å². The Balaban J connectivity index is 1.95. The van der Waals surface area contributed by atoms with Crippen LogP contribution in [-0.2, 0) is 9.53 Å². The summed E-state index contributed by atoms with van der Waals surface area (Å²) in [7, 11) is -2.34. The Labute approximate surface area is 149 Å². The lowest BCUT2D eigenvalue weighted by molar-refractivity contribution is -0.169. The van der Waals surface area contributed by atoms with Crippen molar-refractivity contribution in [1.82, 2.24) is 0 Å². The summed E-state index contributed by atoms with van der Waals surface area (Å²) >= 11 is 0. The molecule has 134 valence electrons. The number of esters is 1. The summed E-state index contributed by atoms with van der Waals surface area (Å²) < 4.78 is 14.5. The minimum Gasteiger partial charge on any atom is -0.575 e. The predicted molar refractivity (Wildman–Crippen MR) is 98.4 cm³/mol. The maximum absolute atomic E-state index is 12.1. The average Bonchev–Trinajstić information content (AvgIpc) is 2.62. The Morgan fingerprint density at radius 3 is 2.52 bits per heavy atom. The van der Waals surface area contributed by atoms with E-state index in [2.05, 4.69) is 18.6 Å². The predicted octanol–water partition coefficient (Wildman–Crippen LogP) is 4.44. The van der Waals surface area contributed by atoms with E-state index >= 15 is 0 Å². The molecule has 0 saturated carbocycles. The lowest BCUT2D eigenvalue weighted by atomic mass is 10.1. The standard InChI is InChI=1S/C19H24NO4P/c1-4-15(5-2)13-23-19(21)14(3)20-25(22)24-18-11-10-16-8-6-7-9-17(16)12-18/h6-12,14-15H,4-5,13H2,1-3H3/t14-/m0/s1. The molecular weight excluding hydrogens is 337 g/mol. The molecule has 0 aliphatic carbocycles. The lowest BCUT2D eigenvalue weighted by Crippen LogP contribution is -2.21. The zero-order chi connectivity index (χ0) is 18.2. The molecule has 0 N–H and O–H groups in total. The van der Waals surface area contributed by atoms with Crippen LogP contribution in [0.3, 0.4) is 0 Å². The highest BCUT2D eigenvalue weighted by atomic mass is 31.1. The van der Waals surface area contributed by atoms with Crippen LogP contribution in [0.25, 0.3) is 10.8 Å². The van der Waals surface area contributed by atoms with Crippen LogP contribution in [0.1, 0.15) is 33.6 Å². The molecule has 0 aliphatic rings. The first kappa shape index (κ1) is 19.4. The minimum absolute atomic E-state index is 0.346. The number of rotatable bonds is 8. The number of hydrogen-bond donors (Lipinski definition) is 0. The molecule has 0 saturated heterocycles. The van der Waals surface area contributed by atoms with Crippen molar-refractivity contribution in [3.05, 3.63) is 42.5 Å². The van der Waals surface area contributed by atoms with E-state index in [1.165, 1.54) is 0 Å². The zero-order valence-electron chi connectivity index (χ0n) is 14.8.